The molecular formula is C27H20F3N7O2. The molecule has 3 N–H and O–H groups in total. The zero-order valence-electron chi connectivity index (χ0n) is 20.2. The molecular weight excluding hydrogens is 511 g/mol. The van der Waals surface area contributed by atoms with E-state index in [9.17, 15) is 18.0 Å². The van der Waals surface area contributed by atoms with E-state index >= 15 is 0 Å². The summed E-state index contributed by atoms with van der Waals surface area (Å²) in [6.07, 6.45) is 2.35. The number of nitrogens with one attached hydrogen (secondary N) is 1. The van der Waals surface area contributed by atoms with Crippen molar-refractivity contribution in [1.82, 2.24) is 30.2 Å². The Labute approximate surface area is 219 Å². The van der Waals surface area contributed by atoms with Crippen molar-refractivity contribution >= 4 is 22.6 Å². The molecule has 0 radical (unpaired) electrons. The highest BCUT2D eigenvalue weighted by molar-refractivity contribution is 5.98. The minimum atomic E-state index is -4.50. The van der Waals surface area contributed by atoms with Crippen molar-refractivity contribution < 1.29 is 22.4 Å². The van der Waals surface area contributed by atoms with Crippen LogP contribution in [-0.4, -0.2) is 30.8 Å². The summed E-state index contributed by atoms with van der Waals surface area (Å²) in [5.41, 5.74) is 7.99. The Hall–Kier alpha value is -4.87. The number of nitrogen functional groups attached to an aromatic ring is 1. The fraction of sp³-hybridized carbons (Fsp3) is 0.185. The lowest BCUT2D eigenvalue weighted by molar-refractivity contribution is -0.137. The van der Waals surface area contributed by atoms with Gasteiger partial charge in [0.05, 0.1) is 29.5 Å². The van der Waals surface area contributed by atoms with Crippen LogP contribution in [0.15, 0.2) is 65.7 Å². The molecule has 4 aromatic heterocycles. The number of hydrogen-bond acceptors (Lipinski definition) is 8. The van der Waals surface area contributed by atoms with E-state index in [0.29, 0.717) is 22.5 Å². The summed E-state index contributed by atoms with van der Waals surface area (Å²) in [5.74, 6) is -0.642. The van der Waals surface area contributed by atoms with Crippen LogP contribution in [0.25, 0.3) is 33.7 Å². The van der Waals surface area contributed by atoms with Crippen LogP contribution in [0.4, 0.5) is 19.0 Å². The molecule has 1 fully saturated rings. The van der Waals surface area contributed by atoms with Crippen molar-refractivity contribution in [3.8, 4) is 22.8 Å². The summed E-state index contributed by atoms with van der Waals surface area (Å²) in [4.78, 5) is 34.6. The van der Waals surface area contributed by atoms with Crippen molar-refractivity contribution in [3.05, 3.63) is 83.8 Å². The summed E-state index contributed by atoms with van der Waals surface area (Å²) in [6.45, 7) is -0.0948. The average Bonchev–Trinajstić information content (AvgIpc) is 3.63. The summed E-state index contributed by atoms with van der Waals surface area (Å²) >= 11 is 0. The Kier molecular flexibility index (Phi) is 5.93. The van der Waals surface area contributed by atoms with Crippen LogP contribution >= 0.6 is 0 Å². The van der Waals surface area contributed by atoms with E-state index in [2.05, 4.69) is 30.2 Å². The van der Waals surface area contributed by atoms with Crippen LogP contribution in [0, 0.1) is 0 Å². The number of pyridine rings is 2. The van der Waals surface area contributed by atoms with Gasteiger partial charge in [-0.15, -0.1) is 0 Å². The molecule has 39 heavy (non-hydrogen) atoms. The van der Waals surface area contributed by atoms with Crippen molar-refractivity contribution in [2.24, 2.45) is 0 Å². The molecule has 1 saturated carbocycles. The van der Waals surface area contributed by atoms with Crippen molar-refractivity contribution in [2.45, 2.75) is 31.5 Å². The molecule has 0 bridgehead atoms. The first-order valence-electron chi connectivity index (χ1n) is 12.0. The molecule has 0 aliphatic heterocycles. The maximum Gasteiger partial charge on any atom is 0.417 e. The lowest BCUT2D eigenvalue weighted by Crippen LogP contribution is -2.27. The molecule has 4 heterocycles. The number of carbonyl (C=O) groups excluding carboxylic acids is 1. The third kappa shape index (κ3) is 4.88. The number of nitrogens with zero attached hydrogens (tertiary/aromatic N) is 5. The number of benzene rings is 1. The summed E-state index contributed by atoms with van der Waals surface area (Å²) in [6, 6.07) is 10.3. The van der Waals surface area contributed by atoms with Crippen LogP contribution in [0.2, 0.25) is 0 Å². The number of amides is 1. The van der Waals surface area contributed by atoms with Gasteiger partial charge in [0.25, 0.3) is 5.91 Å². The molecule has 0 unspecified atom stereocenters. The van der Waals surface area contributed by atoms with Gasteiger partial charge >= 0.3 is 6.18 Å². The van der Waals surface area contributed by atoms with E-state index in [1.165, 1.54) is 12.5 Å². The highest BCUT2D eigenvalue weighted by atomic mass is 19.4. The minimum absolute atomic E-state index is 0.00867. The largest absolute Gasteiger partial charge is 0.443 e. The summed E-state index contributed by atoms with van der Waals surface area (Å²) < 4.78 is 45.1. The highest BCUT2D eigenvalue weighted by Crippen LogP contribution is 2.43. The number of rotatable bonds is 6. The highest BCUT2D eigenvalue weighted by Gasteiger charge is 2.35. The smallest absolute Gasteiger partial charge is 0.417 e. The second-order valence-corrected chi connectivity index (χ2v) is 9.12. The van der Waals surface area contributed by atoms with E-state index in [-0.39, 0.29) is 35.6 Å². The molecule has 1 aromatic carbocycles. The van der Waals surface area contributed by atoms with Gasteiger partial charge in [0.2, 0.25) is 5.89 Å². The first-order valence-corrected chi connectivity index (χ1v) is 12.0. The molecule has 6 rings (SSSR count). The van der Waals surface area contributed by atoms with E-state index in [4.69, 9.17) is 10.2 Å². The molecule has 9 nitrogen and oxygen atoms in total. The Bertz CT molecular complexity index is 1700. The van der Waals surface area contributed by atoms with Gasteiger partial charge in [-0.25, -0.2) is 15.0 Å². The van der Waals surface area contributed by atoms with E-state index < -0.39 is 17.6 Å². The van der Waals surface area contributed by atoms with Gasteiger partial charge in [-0.1, -0.05) is 12.1 Å². The maximum atomic E-state index is 13.2. The summed E-state index contributed by atoms with van der Waals surface area (Å²) in [7, 11) is 0. The number of alkyl halides is 3. The zero-order chi connectivity index (χ0) is 27.1. The number of halogens is 3. The lowest BCUT2D eigenvalue weighted by Gasteiger charge is -2.14. The van der Waals surface area contributed by atoms with E-state index in [1.54, 1.807) is 18.3 Å². The molecule has 5 aromatic rings. The third-order valence-electron chi connectivity index (χ3n) is 6.41. The van der Waals surface area contributed by atoms with Crippen LogP contribution in [0.1, 0.15) is 46.1 Å². The number of aromatic nitrogens is 5. The molecule has 1 amide bonds. The molecule has 12 heteroatoms. The average molecular weight is 531 g/mol. The Morgan fingerprint density at radius 2 is 1.90 bits per heavy atom. The Balaban J connectivity index is 1.34. The van der Waals surface area contributed by atoms with Crippen LogP contribution in [-0.2, 0) is 12.7 Å². The van der Waals surface area contributed by atoms with E-state index in [1.807, 2.05) is 18.2 Å². The fourth-order valence-electron chi connectivity index (χ4n) is 4.34. The molecule has 1 aliphatic carbocycles. The topological polar surface area (TPSA) is 133 Å². The van der Waals surface area contributed by atoms with Gasteiger partial charge in [-0.05, 0) is 48.6 Å². The number of nitrogens with two attached hydrogens (primary N) is 1. The normalized spacial score (nSPS) is 13.5. The lowest BCUT2D eigenvalue weighted by atomic mass is 10.1. The molecule has 1 aliphatic rings. The first kappa shape index (κ1) is 24.5. The van der Waals surface area contributed by atoms with E-state index in [0.717, 1.165) is 36.0 Å². The third-order valence-corrected chi connectivity index (χ3v) is 6.41. The number of fused-ring (bicyclic) bond motifs is 1. The SMILES string of the molecule is Nc1nc(-c2ncco2)c(-c2ccc3ncccc3c2)nc1C(=O)NCc1ncc(C(F)(F)F)cc1C1CC1. The standard InChI is InChI=1S/C27H20F3N7O2/c28-27(29,30)17-11-18(14-3-4-14)20(34-12-17)13-35-25(38)23-24(31)37-22(26-33-8-9-39-26)21(36-23)16-5-6-19-15(10-16)2-1-7-32-19/h1-2,5-12,14H,3-4,13H2,(H2,31,37)(H,35,38). The molecule has 0 atom stereocenters. The molecule has 196 valence electrons. The van der Waals surface area contributed by atoms with Gasteiger partial charge in [0.1, 0.15) is 12.0 Å². The van der Waals surface area contributed by atoms with Crippen LogP contribution < -0.4 is 11.1 Å². The second-order valence-electron chi connectivity index (χ2n) is 9.12. The van der Waals surface area contributed by atoms with Gasteiger partial charge in [0.15, 0.2) is 17.2 Å². The molecule has 0 spiro atoms. The second kappa shape index (κ2) is 9.46. The number of carbonyl (C=O) groups is 1. The minimum Gasteiger partial charge on any atom is -0.443 e. The quantitative estimate of drug-likeness (QED) is 0.307. The number of hydrogen-bond donors (Lipinski definition) is 2. The predicted octanol–water partition coefficient (Wildman–Crippen LogP) is 5.15. The van der Waals surface area contributed by atoms with Crippen LogP contribution in [0.5, 0.6) is 0 Å². The summed E-state index contributed by atoms with van der Waals surface area (Å²) in [5, 5.41) is 3.53. The maximum absolute atomic E-state index is 13.2. The Morgan fingerprint density at radius 3 is 2.64 bits per heavy atom. The first-order chi connectivity index (χ1) is 18.8. The van der Waals surface area contributed by atoms with Gasteiger partial charge in [-0.2, -0.15) is 13.2 Å². The van der Waals surface area contributed by atoms with Crippen molar-refractivity contribution in [1.29, 1.82) is 0 Å². The van der Waals surface area contributed by atoms with Gasteiger partial charge in [0, 0.05) is 23.3 Å². The van der Waals surface area contributed by atoms with Crippen molar-refractivity contribution in [3.63, 3.8) is 0 Å². The monoisotopic (exact) mass is 531 g/mol. The Morgan fingerprint density at radius 1 is 1.05 bits per heavy atom. The molecule has 0 saturated heterocycles. The van der Waals surface area contributed by atoms with Crippen molar-refractivity contribution in [2.75, 3.05) is 5.73 Å². The van der Waals surface area contributed by atoms with Crippen LogP contribution in [0.3, 0.4) is 0 Å². The number of oxazole rings is 1. The van der Waals surface area contributed by atoms with Gasteiger partial charge in [-0.3, -0.25) is 14.8 Å². The predicted molar refractivity (Wildman–Crippen MR) is 135 cm³/mol. The van der Waals surface area contributed by atoms with Gasteiger partial charge < -0.3 is 15.5 Å². The zero-order valence-corrected chi connectivity index (χ0v) is 20.2. The number of anilines is 1. The fourth-order valence-corrected chi connectivity index (χ4v) is 4.34.